The summed E-state index contributed by atoms with van der Waals surface area (Å²) in [5.41, 5.74) is 11.6. The van der Waals surface area contributed by atoms with Crippen LogP contribution in [-0.2, 0) is 0 Å². The van der Waals surface area contributed by atoms with E-state index in [0.29, 0.717) is 11.4 Å². The molecule has 0 fully saturated rings. The highest BCUT2D eigenvalue weighted by molar-refractivity contribution is 7.04. The summed E-state index contributed by atoms with van der Waals surface area (Å²) in [6, 6.07) is 9.64. The minimum absolute atomic E-state index is 0.651. The van der Waals surface area contributed by atoms with Crippen LogP contribution in [0.25, 0.3) is 22.4 Å². The Morgan fingerprint density at radius 3 is 2.40 bits per heavy atom. The SMILES string of the molecule is COc1ccc(-c2csnc2-c2cc(C)c(OC)c(OC)c2)c(N)c1. The second-order valence-electron chi connectivity index (χ2n) is 5.56. The average Bonchev–Trinajstić information content (AvgIpc) is 3.10. The van der Waals surface area contributed by atoms with Gasteiger partial charge in [0.05, 0.1) is 27.0 Å². The van der Waals surface area contributed by atoms with Crippen molar-refractivity contribution in [2.24, 2.45) is 0 Å². The van der Waals surface area contributed by atoms with Crippen LogP contribution >= 0.6 is 11.5 Å². The van der Waals surface area contributed by atoms with Gasteiger partial charge in [0.25, 0.3) is 0 Å². The Labute approximate surface area is 151 Å². The second-order valence-corrected chi connectivity index (χ2v) is 6.19. The van der Waals surface area contributed by atoms with E-state index in [0.717, 1.165) is 39.4 Å². The Morgan fingerprint density at radius 2 is 1.76 bits per heavy atom. The Hall–Kier alpha value is -2.73. The number of rotatable bonds is 5. The largest absolute Gasteiger partial charge is 0.497 e. The van der Waals surface area contributed by atoms with Gasteiger partial charge in [0.15, 0.2) is 11.5 Å². The molecule has 2 aromatic carbocycles. The molecule has 0 bridgehead atoms. The third-order valence-electron chi connectivity index (χ3n) is 4.06. The van der Waals surface area contributed by atoms with Crippen molar-refractivity contribution < 1.29 is 14.2 Å². The van der Waals surface area contributed by atoms with Gasteiger partial charge in [0.2, 0.25) is 0 Å². The van der Waals surface area contributed by atoms with Gasteiger partial charge in [-0.1, -0.05) is 0 Å². The highest BCUT2D eigenvalue weighted by atomic mass is 32.1. The van der Waals surface area contributed by atoms with Crippen LogP contribution in [0.2, 0.25) is 0 Å². The molecule has 0 aliphatic carbocycles. The second kappa shape index (κ2) is 7.03. The van der Waals surface area contributed by atoms with E-state index in [4.69, 9.17) is 19.9 Å². The lowest BCUT2D eigenvalue weighted by molar-refractivity contribution is 0.353. The van der Waals surface area contributed by atoms with Crippen molar-refractivity contribution in [3.05, 3.63) is 41.3 Å². The number of nitrogens with two attached hydrogens (primary N) is 1. The topological polar surface area (TPSA) is 66.6 Å². The monoisotopic (exact) mass is 356 g/mol. The fourth-order valence-corrected chi connectivity index (χ4v) is 3.55. The maximum atomic E-state index is 6.22. The molecule has 0 saturated heterocycles. The molecule has 0 amide bonds. The van der Waals surface area contributed by atoms with Gasteiger partial charge in [0.1, 0.15) is 5.75 Å². The third-order valence-corrected chi connectivity index (χ3v) is 4.69. The van der Waals surface area contributed by atoms with Crippen LogP contribution in [0.3, 0.4) is 0 Å². The number of nitrogens with zero attached hydrogens (tertiary/aromatic N) is 1. The lowest BCUT2D eigenvalue weighted by Crippen LogP contribution is -1.95. The Kier molecular flexibility index (Phi) is 4.81. The van der Waals surface area contributed by atoms with E-state index < -0.39 is 0 Å². The number of aromatic nitrogens is 1. The van der Waals surface area contributed by atoms with Crippen molar-refractivity contribution in [2.45, 2.75) is 6.92 Å². The molecule has 0 aliphatic heterocycles. The molecule has 3 aromatic rings. The van der Waals surface area contributed by atoms with E-state index in [9.17, 15) is 0 Å². The molecule has 1 aromatic heterocycles. The zero-order valence-electron chi connectivity index (χ0n) is 14.6. The van der Waals surface area contributed by atoms with E-state index in [1.165, 1.54) is 11.5 Å². The number of aryl methyl sites for hydroxylation is 1. The summed E-state index contributed by atoms with van der Waals surface area (Å²) in [5, 5.41) is 2.00. The maximum Gasteiger partial charge on any atom is 0.163 e. The molecule has 0 spiro atoms. The normalized spacial score (nSPS) is 10.6. The van der Waals surface area contributed by atoms with Gasteiger partial charge >= 0.3 is 0 Å². The molecule has 0 aliphatic rings. The summed E-state index contributed by atoms with van der Waals surface area (Å²) in [5.74, 6) is 2.14. The van der Waals surface area contributed by atoms with Gasteiger partial charge in [0, 0.05) is 33.8 Å². The third kappa shape index (κ3) is 3.13. The molecular formula is C19H20N2O3S. The van der Waals surface area contributed by atoms with Crippen LogP contribution in [0.15, 0.2) is 35.7 Å². The van der Waals surface area contributed by atoms with Gasteiger partial charge in [-0.25, -0.2) is 0 Å². The number of anilines is 1. The molecule has 0 radical (unpaired) electrons. The number of nitrogen functional groups attached to an aromatic ring is 1. The van der Waals surface area contributed by atoms with Gasteiger partial charge in [-0.15, -0.1) is 0 Å². The smallest absolute Gasteiger partial charge is 0.163 e. The van der Waals surface area contributed by atoms with E-state index in [1.807, 2.05) is 42.6 Å². The van der Waals surface area contributed by atoms with Crippen molar-refractivity contribution in [1.82, 2.24) is 4.37 Å². The number of methoxy groups -OCH3 is 3. The first-order valence-corrected chi connectivity index (χ1v) is 8.54. The lowest BCUT2D eigenvalue weighted by Gasteiger charge is -2.13. The fraction of sp³-hybridized carbons (Fsp3) is 0.211. The summed E-state index contributed by atoms with van der Waals surface area (Å²) in [6.45, 7) is 1.98. The Balaban J connectivity index is 2.13. The molecule has 6 heteroatoms. The van der Waals surface area contributed by atoms with Crippen LogP contribution in [0.5, 0.6) is 17.2 Å². The number of benzene rings is 2. The van der Waals surface area contributed by atoms with Gasteiger partial charge < -0.3 is 19.9 Å². The first kappa shape index (κ1) is 17.1. The average molecular weight is 356 g/mol. The number of hydrogen-bond donors (Lipinski definition) is 1. The highest BCUT2D eigenvalue weighted by Crippen LogP contribution is 2.41. The van der Waals surface area contributed by atoms with Gasteiger partial charge in [-0.05, 0) is 48.3 Å². The number of ether oxygens (including phenoxy) is 3. The molecule has 2 N–H and O–H groups in total. The van der Waals surface area contributed by atoms with Crippen LogP contribution < -0.4 is 19.9 Å². The van der Waals surface area contributed by atoms with Crippen molar-refractivity contribution >= 4 is 17.2 Å². The van der Waals surface area contributed by atoms with E-state index in [1.54, 1.807) is 21.3 Å². The molecule has 25 heavy (non-hydrogen) atoms. The summed E-state index contributed by atoms with van der Waals surface area (Å²) in [7, 11) is 4.89. The molecular weight excluding hydrogens is 336 g/mol. The Morgan fingerprint density at radius 1 is 0.960 bits per heavy atom. The maximum absolute atomic E-state index is 6.22. The molecule has 0 atom stereocenters. The zero-order valence-corrected chi connectivity index (χ0v) is 15.4. The predicted molar refractivity (Wildman–Crippen MR) is 102 cm³/mol. The predicted octanol–water partition coefficient (Wildman–Crippen LogP) is 4.39. The van der Waals surface area contributed by atoms with Crippen LogP contribution in [0, 0.1) is 6.92 Å². The van der Waals surface area contributed by atoms with Crippen LogP contribution in [0.1, 0.15) is 5.56 Å². The standard InChI is InChI=1S/C19H20N2O3S/c1-11-7-12(8-17(23-3)19(11)24-4)18-15(10-25-21-18)14-6-5-13(22-2)9-16(14)20/h5-10H,20H2,1-4H3. The molecule has 5 nitrogen and oxygen atoms in total. The summed E-state index contributed by atoms with van der Waals surface area (Å²) < 4.78 is 20.7. The molecule has 0 unspecified atom stereocenters. The lowest BCUT2D eigenvalue weighted by atomic mass is 9.99. The quantitative estimate of drug-likeness (QED) is 0.687. The zero-order chi connectivity index (χ0) is 18.0. The highest BCUT2D eigenvalue weighted by Gasteiger charge is 2.17. The van der Waals surface area contributed by atoms with Crippen molar-refractivity contribution in [3.8, 4) is 39.6 Å². The van der Waals surface area contributed by atoms with E-state index in [-0.39, 0.29) is 0 Å². The minimum Gasteiger partial charge on any atom is -0.497 e. The van der Waals surface area contributed by atoms with Gasteiger partial charge in [-0.3, -0.25) is 0 Å². The summed E-state index contributed by atoms with van der Waals surface area (Å²) in [6.07, 6.45) is 0. The van der Waals surface area contributed by atoms with Crippen molar-refractivity contribution in [3.63, 3.8) is 0 Å². The summed E-state index contributed by atoms with van der Waals surface area (Å²) >= 11 is 1.39. The molecule has 0 saturated carbocycles. The van der Waals surface area contributed by atoms with Crippen molar-refractivity contribution in [2.75, 3.05) is 27.1 Å². The van der Waals surface area contributed by atoms with Gasteiger partial charge in [-0.2, -0.15) is 4.37 Å². The minimum atomic E-state index is 0.651. The first-order chi connectivity index (χ1) is 12.1. The van der Waals surface area contributed by atoms with Crippen molar-refractivity contribution in [1.29, 1.82) is 0 Å². The fourth-order valence-electron chi connectivity index (χ4n) is 2.84. The molecule has 130 valence electrons. The van der Waals surface area contributed by atoms with E-state index in [2.05, 4.69) is 4.37 Å². The molecule has 3 rings (SSSR count). The van der Waals surface area contributed by atoms with E-state index >= 15 is 0 Å². The van der Waals surface area contributed by atoms with Crippen LogP contribution in [-0.4, -0.2) is 25.7 Å². The first-order valence-electron chi connectivity index (χ1n) is 7.70. The Bertz CT molecular complexity index is 906. The summed E-state index contributed by atoms with van der Waals surface area (Å²) in [4.78, 5) is 0. The molecule has 1 heterocycles. The van der Waals surface area contributed by atoms with Crippen LogP contribution in [0.4, 0.5) is 5.69 Å². The number of hydrogen-bond acceptors (Lipinski definition) is 6.